The van der Waals surface area contributed by atoms with Gasteiger partial charge in [0.15, 0.2) is 4.80 Å². The van der Waals surface area contributed by atoms with E-state index < -0.39 is 12.0 Å². The Morgan fingerprint density at radius 3 is 2.48 bits per heavy atom. The topological polar surface area (TPSA) is 81.0 Å². The highest BCUT2D eigenvalue weighted by Crippen LogP contribution is 2.37. The third-order valence-corrected chi connectivity index (χ3v) is 9.53. The lowest BCUT2D eigenvalue weighted by Crippen LogP contribution is -2.41. The number of hydrogen-bond donors (Lipinski definition) is 0. The quantitative estimate of drug-likeness (QED) is 0.223. The maximum Gasteiger partial charge on any atom is 0.338 e. The number of para-hydroxylation sites is 1. The second kappa shape index (κ2) is 11.4. The molecular formula is C32H26ClN3O4S2. The van der Waals surface area contributed by atoms with Gasteiger partial charge in [-0.05, 0) is 55.5 Å². The molecule has 3 heterocycles. The van der Waals surface area contributed by atoms with Crippen molar-refractivity contribution in [1.82, 2.24) is 4.57 Å². The number of anilines is 1. The van der Waals surface area contributed by atoms with Crippen LogP contribution in [0.1, 0.15) is 36.6 Å². The lowest BCUT2D eigenvalue weighted by Gasteiger charge is -2.24. The number of allylic oxidation sites excluding steroid dienone is 1. The molecule has 10 heteroatoms. The van der Waals surface area contributed by atoms with Crippen molar-refractivity contribution >= 4 is 57.8 Å². The largest absolute Gasteiger partial charge is 0.463 e. The number of halogens is 1. The number of thioether (sulfide) groups is 1. The van der Waals surface area contributed by atoms with Crippen molar-refractivity contribution in [3.8, 4) is 0 Å². The van der Waals surface area contributed by atoms with Crippen molar-refractivity contribution in [2.24, 2.45) is 4.99 Å². The van der Waals surface area contributed by atoms with Crippen LogP contribution in [0.25, 0.3) is 5.57 Å². The third kappa shape index (κ3) is 4.71. The van der Waals surface area contributed by atoms with Crippen molar-refractivity contribution in [3.05, 3.63) is 125 Å². The molecule has 0 saturated heterocycles. The van der Waals surface area contributed by atoms with Gasteiger partial charge in [0.1, 0.15) is 4.53 Å². The Hall–Kier alpha value is -3.92. The molecule has 0 saturated carbocycles. The summed E-state index contributed by atoms with van der Waals surface area (Å²) in [5.41, 5.74) is 3.63. The van der Waals surface area contributed by atoms with E-state index in [2.05, 4.69) is 4.99 Å². The first-order chi connectivity index (χ1) is 20.3. The lowest BCUT2D eigenvalue weighted by atomic mass is 9.96. The molecule has 2 aliphatic heterocycles. The molecule has 1 atom stereocenters. The second-order valence-electron chi connectivity index (χ2n) is 9.77. The van der Waals surface area contributed by atoms with Gasteiger partial charge in [-0.3, -0.25) is 14.2 Å². The van der Waals surface area contributed by atoms with Crippen LogP contribution in [0.3, 0.4) is 0 Å². The van der Waals surface area contributed by atoms with Crippen LogP contribution >= 0.6 is 34.7 Å². The Morgan fingerprint density at radius 1 is 1.05 bits per heavy atom. The number of esters is 1. The number of thiazole rings is 1. The number of amides is 1. The highest BCUT2D eigenvalue weighted by molar-refractivity contribution is 7.98. The Bertz CT molecular complexity index is 1960. The van der Waals surface area contributed by atoms with E-state index in [0.29, 0.717) is 37.9 Å². The van der Waals surface area contributed by atoms with Gasteiger partial charge in [-0.25, -0.2) is 9.79 Å². The molecule has 1 aromatic heterocycles. The average molecular weight is 616 g/mol. The van der Waals surface area contributed by atoms with Crippen molar-refractivity contribution in [3.63, 3.8) is 0 Å². The molecule has 2 aliphatic rings. The van der Waals surface area contributed by atoms with Gasteiger partial charge in [0.2, 0.25) is 0 Å². The molecular weight excluding hydrogens is 590 g/mol. The molecule has 0 aliphatic carbocycles. The fourth-order valence-corrected chi connectivity index (χ4v) is 7.14. The number of carbonyl (C=O) groups excluding carboxylic acids is 2. The SMILES string of the molecule is CCOC(=O)C1=C(C)N=c2s/c(=C3/C(=O)N(Cc4ccccc4Cl)c4ccccc43)c(=O)n2[C@@H]1c1ccc(SC)cc1. The first kappa shape index (κ1) is 28.2. The van der Waals surface area contributed by atoms with E-state index in [-0.39, 0.29) is 29.2 Å². The van der Waals surface area contributed by atoms with Gasteiger partial charge < -0.3 is 9.64 Å². The van der Waals surface area contributed by atoms with Gasteiger partial charge in [-0.15, -0.1) is 11.8 Å². The van der Waals surface area contributed by atoms with Crippen LogP contribution in [0.4, 0.5) is 5.69 Å². The Morgan fingerprint density at radius 2 is 1.76 bits per heavy atom. The minimum absolute atomic E-state index is 0.189. The van der Waals surface area contributed by atoms with Gasteiger partial charge in [0, 0.05) is 15.5 Å². The normalized spacial score (nSPS) is 17.2. The minimum atomic E-state index is -0.753. The van der Waals surface area contributed by atoms with E-state index in [1.54, 1.807) is 36.6 Å². The fraction of sp³-hybridized carbons (Fsp3) is 0.188. The molecule has 212 valence electrons. The number of hydrogen-bond acceptors (Lipinski definition) is 7. The summed E-state index contributed by atoms with van der Waals surface area (Å²) >= 11 is 9.20. The summed E-state index contributed by atoms with van der Waals surface area (Å²) in [6.45, 7) is 3.94. The molecule has 0 bridgehead atoms. The van der Waals surface area contributed by atoms with Crippen LogP contribution in [-0.2, 0) is 20.9 Å². The van der Waals surface area contributed by atoms with Crippen LogP contribution < -0.4 is 19.8 Å². The van der Waals surface area contributed by atoms with E-state index in [0.717, 1.165) is 27.4 Å². The predicted octanol–water partition coefficient (Wildman–Crippen LogP) is 5.09. The smallest absolute Gasteiger partial charge is 0.338 e. The van der Waals surface area contributed by atoms with E-state index in [9.17, 15) is 14.4 Å². The summed E-state index contributed by atoms with van der Waals surface area (Å²) in [5.74, 6) is -0.813. The van der Waals surface area contributed by atoms with Crippen molar-refractivity contribution in [2.45, 2.75) is 31.3 Å². The summed E-state index contributed by atoms with van der Waals surface area (Å²) in [6, 6.07) is 21.8. The molecule has 3 aromatic carbocycles. The molecule has 0 radical (unpaired) electrons. The molecule has 42 heavy (non-hydrogen) atoms. The lowest BCUT2D eigenvalue weighted by molar-refractivity contribution is -0.139. The standard InChI is InChI=1S/C32H26ClN3O4S2/c1-4-40-31(39)25-18(2)34-32-36(27(25)19-13-15-21(41-3)16-14-19)30(38)28(42-32)26-22-10-6-8-12-24(22)35(29(26)37)17-20-9-5-7-11-23(20)33/h5-16,27H,4,17H2,1-3H3/b28-26+/t27-/m1/s1. The first-order valence-corrected chi connectivity index (χ1v) is 15.8. The van der Waals surface area contributed by atoms with Crippen LogP contribution in [0.2, 0.25) is 5.02 Å². The second-order valence-corrected chi connectivity index (χ2v) is 12.0. The summed E-state index contributed by atoms with van der Waals surface area (Å²) in [4.78, 5) is 49.4. The van der Waals surface area contributed by atoms with Crippen LogP contribution in [0.5, 0.6) is 0 Å². The summed E-state index contributed by atoms with van der Waals surface area (Å²) in [5, 5.41) is 0.560. The van der Waals surface area contributed by atoms with Gasteiger partial charge in [-0.1, -0.05) is 71.5 Å². The maximum atomic E-state index is 14.3. The maximum absolute atomic E-state index is 14.3. The van der Waals surface area contributed by atoms with E-state index in [1.807, 2.05) is 73.0 Å². The number of carbonyl (C=O) groups is 2. The van der Waals surface area contributed by atoms with Gasteiger partial charge in [-0.2, -0.15) is 0 Å². The highest BCUT2D eigenvalue weighted by Gasteiger charge is 2.37. The number of nitrogens with zero attached hydrogens (tertiary/aromatic N) is 3. The van der Waals surface area contributed by atoms with Crippen molar-refractivity contribution < 1.29 is 14.3 Å². The highest BCUT2D eigenvalue weighted by atomic mass is 35.5. The molecule has 0 N–H and O–H groups in total. The van der Waals surface area contributed by atoms with Gasteiger partial charge >= 0.3 is 5.97 Å². The molecule has 4 aromatic rings. The number of aromatic nitrogens is 1. The first-order valence-electron chi connectivity index (χ1n) is 13.3. The summed E-state index contributed by atoms with van der Waals surface area (Å²) in [7, 11) is 0. The minimum Gasteiger partial charge on any atom is -0.463 e. The molecule has 1 amide bonds. The van der Waals surface area contributed by atoms with E-state index in [1.165, 1.54) is 4.57 Å². The zero-order valence-corrected chi connectivity index (χ0v) is 25.5. The predicted molar refractivity (Wildman–Crippen MR) is 167 cm³/mol. The number of benzene rings is 3. The number of rotatable bonds is 6. The Kier molecular flexibility index (Phi) is 7.66. The molecule has 0 unspecified atom stereocenters. The van der Waals surface area contributed by atoms with Gasteiger partial charge in [0.25, 0.3) is 11.5 Å². The van der Waals surface area contributed by atoms with Gasteiger partial charge in [0.05, 0.1) is 41.7 Å². The monoisotopic (exact) mass is 615 g/mol. The Labute approximate surface area is 255 Å². The van der Waals surface area contributed by atoms with Crippen molar-refractivity contribution in [2.75, 3.05) is 17.8 Å². The molecule has 0 fully saturated rings. The number of fused-ring (bicyclic) bond motifs is 2. The molecule has 0 spiro atoms. The number of ether oxygens (including phenoxy) is 1. The van der Waals surface area contributed by atoms with E-state index >= 15 is 0 Å². The zero-order valence-electron chi connectivity index (χ0n) is 23.1. The average Bonchev–Trinajstić information content (AvgIpc) is 3.45. The van der Waals surface area contributed by atoms with Crippen LogP contribution in [0, 0.1) is 0 Å². The van der Waals surface area contributed by atoms with Crippen molar-refractivity contribution in [1.29, 1.82) is 0 Å². The summed E-state index contributed by atoms with van der Waals surface area (Å²) < 4.78 is 7.20. The summed E-state index contributed by atoms with van der Waals surface area (Å²) in [6.07, 6.45) is 1.99. The zero-order chi connectivity index (χ0) is 29.5. The van der Waals surface area contributed by atoms with E-state index in [4.69, 9.17) is 16.3 Å². The Balaban J connectivity index is 1.57. The van der Waals surface area contributed by atoms with Crippen LogP contribution in [-0.4, -0.2) is 29.3 Å². The van der Waals surface area contributed by atoms with Crippen LogP contribution in [0.15, 0.2) is 98.7 Å². The molecule has 7 nitrogen and oxygen atoms in total. The molecule has 6 rings (SSSR count). The third-order valence-electron chi connectivity index (χ3n) is 7.36. The fourth-order valence-electron chi connectivity index (χ4n) is 5.40.